The molecule has 0 radical (unpaired) electrons. The van der Waals surface area contributed by atoms with Gasteiger partial charge in [0.1, 0.15) is 11.4 Å². The smallest absolute Gasteiger partial charge is 0.276 e. The Balaban J connectivity index is 1.90. The van der Waals surface area contributed by atoms with Crippen LogP contribution in [0.2, 0.25) is 0 Å². The first-order valence-electron chi connectivity index (χ1n) is 7.07. The predicted molar refractivity (Wildman–Crippen MR) is 76.2 cm³/mol. The number of methoxy groups -OCH3 is 1. The van der Waals surface area contributed by atoms with Crippen molar-refractivity contribution >= 4 is 17.5 Å². The van der Waals surface area contributed by atoms with Crippen LogP contribution in [-0.2, 0) is 14.3 Å². The van der Waals surface area contributed by atoms with Gasteiger partial charge in [-0.3, -0.25) is 9.59 Å². The number of carbonyl (C=O) groups excluding carboxylic acids is 2. The lowest BCUT2D eigenvalue weighted by atomic mass is 10.0. The number of hydrazone groups is 1. The summed E-state index contributed by atoms with van der Waals surface area (Å²) in [5.41, 5.74) is 1.18. The average Bonchev–Trinajstić information content (AvgIpc) is 2.88. The van der Waals surface area contributed by atoms with E-state index in [4.69, 9.17) is 4.74 Å². The number of ether oxygens (including phenoxy) is 1. The quantitative estimate of drug-likeness (QED) is 0.797. The second-order valence-electron chi connectivity index (χ2n) is 6.12. The van der Waals surface area contributed by atoms with Crippen LogP contribution >= 0.6 is 0 Å². The zero-order valence-electron chi connectivity index (χ0n) is 12.8. The van der Waals surface area contributed by atoms with Crippen LogP contribution in [0, 0.1) is 0 Å². The van der Waals surface area contributed by atoms with Crippen molar-refractivity contribution in [1.29, 1.82) is 0 Å². The summed E-state index contributed by atoms with van der Waals surface area (Å²) in [6.45, 7) is 6.45. The van der Waals surface area contributed by atoms with Crippen molar-refractivity contribution in [3.05, 3.63) is 11.3 Å². The minimum atomic E-state index is -0.629. The van der Waals surface area contributed by atoms with Crippen LogP contribution < -0.4 is 5.32 Å². The van der Waals surface area contributed by atoms with Crippen molar-refractivity contribution in [3.8, 4) is 0 Å². The third kappa shape index (κ3) is 1.95. The van der Waals surface area contributed by atoms with E-state index in [1.165, 1.54) is 5.01 Å². The summed E-state index contributed by atoms with van der Waals surface area (Å²) in [6, 6.07) is -0.0735. The van der Waals surface area contributed by atoms with E-state index in [9.17, 15) is 9.59 Å². The van der Waals surface area contributed by atoms with Gasteiger partial charge in [-0.25, -0.2) is 5.01 Å². The molecule has 114 valence electrons. The second-order valence-corrected chi connectivity index (χ2v) is 6.12. The highest BCUT2D eigenvalue weighted by Gasteiger charge is 2.51. The molecule has 0 bridgehead atoms. The molecule has 0 saturated heterocycles. The molecule has 2 atom stereocenters. The maximum absolute atomic E-state index is 12.6. The molecule has 1 N–H and O–H groups in total. The van der Waals surface area contributed by atoms with Gasteiger partial charge >= 0.3 is 0 Å². The first-order chi connectivity index (χ1) is 9.87. The van der Waals surface area contributed by atoms with Crippen molar-refractivity contribution in [2.45, 2.75) is 38.9 Å². The molecule has 0 fully saturated rings. The molecule has 0 spiro atoms. The molecule has 3 aliphatic rings. The average molecular weight is 292 g/mol. The maximum Gasteiger partial charge on any atom is 0.276 e. The van der Waals surface area contributed by atoms with Gasteiger partial charge in [0.05, 0.1) is 24.8 Å². The molecule has 0 aromatic heterocycles. The van der Waals surface area contributed by atoms with Gasteiger partial charge in [-0.2, -0.15) is 5.10 Å². The van der Waals surface area contributed by atoms with Gasteiger partial charge in [-0.05, 0) is 20.8 Å². The van der Waals surface area contributed by atoms with Crippen molar-refractivity contribution < 1.29 is 14.3 Å². The summed E-state index contributed by atoms with van der Waals surface area (Å²) in [5, 5.41) is 9.00. The summed E-state index contributed by atoms with van der Waals surface area (Å²) >= 11 is 0. The molecule has 0 saturated carbocycles. The van der Waals surface area contributed by atoms with Crippen LogP contribution in [0.4, 0.5) is 0 Å². The number of nitrogens with one attached hydrogen (secondary N) is 1. The van der Waals surface area contributed by atoms with Gasteiger partial charge in [0.2, 0.25) is 0 Å². The van der Waals surface area contributed by atoms with Gasteiger partial charge in [-0.15, -0.1) is 0 Å². The highest BCUT2D eigenvalue weighted by Crippen LogP contribution is 2.35. The molecule has 3 rings (SSSR count). The molecule has 0 aliphatic carbocycles. The Labute approximate surface area is 123 Å². The molecule has 7 nitrogen and oxygen atoms in total. The lowest BCUT2D eigenvalue weighted by molar-refractivity contribution is -0.135. The van der Waals surface area contributed by atoms with E-state index in [1.54, 1.807) is 12.0 Å². The fourth-order valence-corrected chi connectivity index (χ4v) is 3.24. The topological polar surface area (TPSA) is 74.2 Å². The summed E-state index contributed by atoms with van der Waals surface area (Å²) in [7, 11) is 1.60. The lowest BCUT2D eigenvalue weighted by Gasteiger charge is -2.38. The molecule has 2 amide bonds. The SMILES string of the molecule is COC[C@H](C)N1CC2=C(NC3(C)CC(C)=NN3C2=O)C1=O. The Morgan fingerprint density at radius 1 is 1.43 bits per heavy atom. The van der Waals surface area contributed by atoms with Crippen LogP contribution in [0.25, 0.3) is 0 Å². The zero-order valence-corrected chi connectivity index (χ0v) is 12.8. The Hall–Kier alpha value is -1.89. The van der Waals surface area contributed by atoms with Crippen molar-refractivity contribution in [3.63, 3.8) is 0 Å². The highest BCUT2D eigenvalue weighted by atomic mass is 16.5. The normalized spacial score (nSPS) is 29.4. The minimum Gasteiger partial charge on any atom is -0.383 e. The van der Waals surface area contributed by atoms with Crippen molar-refractivity contribution in [2.24, 2.45) is 5.10 Å². The van der Waals surface area contributed by atoms with Crippen LogP contribution in [0.5, 0.6) is 0 Å². The summed E-state index contributed by atoms with van der Waals surface area (Å²) in [4.78, 5) is 26.8. The van der Waals surface area contributed by atoms with Crippen molar-refractivity contribution in [1.82, 2.24) is 15.2 Å². The Kier molecular flexibility index (Phi) is 3.05. The molecular formula is C14H20N4O3. The molecule has 0 aromatic rings. The van der Waals surface area contributed by atoms with E-state index in [2.05, 4.69) is 10.4 Å². The number of carbonyl (C=O) groups is 2. The minimum absolute atomic E-state index is 0.0735. The van der Waals surface area contributed by atoms with Gasteiger partial charge in [-0.1, -0.05) is 0 Å². The fraction of sp³-hybridized carbons (Fsp3) is 0.643. The lowest BCUT2D eigenvalue weighted by Crippen LogP contribution is -2.58. The molecular weight excluding hydrogens is 272 g/mol. The van der Waals surface area contributed by atoms with Crippen LogP contribution in [0.3, 0.4) is 0 Å². The number of hydrogen-bond acceptors (Lipinski definition) is 5. The first-order valence-corrected chi connectivity index (χ1v) is 7.07. The van der Waals surface area contributed by atoms with Crippen LogP contribution in [-0.4, -0.2) is 59.4 Å². The highest BCUT2D eigenvalue weighted by molar-refractivity contribution is 6.10. The molecule has 3 heterocycles. The van der Waals surface area contributed by atoms with Gasteiger partial charge in [0.15, 0.2) is 0 Å². The van der Waals surface area contributed by atoms with E-state index in [1.807, 2.05) is 20.8 Å². The standard InChI is InChI=1S/C14H20N4O3/c1-8-5-14(3)15-11-10(12(19)18(14)16-8)6-17(13(11)20)9(2)7-21-4/h9,15H,5-7H2,1-4H3/t9-,14?/m0/s1. The van der Waals surface area contributed by atoms with E-state index in [-0.39, 0.29) is 17.9 Å². The Morgan fingerprint density at radius 2 is 2.14 bits per heavy atom. The number of fused-ring (bicyclic) bond motifs is 1. The van der Waals surface area contributed by atoms with Crippen molar-refractivity contribution in [2.75, 3.05) is 20.3 Å². The number of amides is 2. The first kappa shape index (κ1) is 14.1. The molecule has 0 aromatic carbocycles. The van der Waals surface area contributed by atoms with E-state index in [0.717, 1.165) is 5.71 Å². The number of hydrogen-bond donors (Lipinski definition) is 1. The van der Waals surface area contributed by atoms with Gasteiger partial charge in [0, 0.05) is 19.2 Å². The Morgan fingerprint density at radius 3 is 2.81 bits per heavy atom. The monoisotopic (exact) mass is 292 g/mol. The summed E-state index contributed by atoms with van der Waals surface area (Å²) in [5.74, 6) is -0.308. The van der Waals surface area contributed by atoms with E-state index < -0.39 is 5.66 Å². The molecule has 21 heavy (non-hydrogen) atoms. The van der Waals surface area contributed by atoms with Crippen LogP contribution in [0.1, 0.15) is 27.2 Å². The van der Waals surface area contributed by atoms with Gasteiger partial charge in [0.25, 0.3) is 11.8 Å². The number of rotatable bonds is 3. The third-order valence-electron chi connectivity index (χ3n) is 4.23. The predicted octanol–water partition coefficient (Wildman–Crippen LogP) is 0.0452. The molecule has 3 aliphatic heterocycles. The number of nitrogens with zero attached hydrogens (tertiary/aromatic N) is 3. The van der Waals surface area contributed by atoms with E-state index in [0.29, 0.717) is 30.8 Å². The zero-order chi connectivity index (χ0) is 15.4. The second kappa shape index (κ2) is 4.56. The largest absolute Gasteiger partial charge is 0.383 e. The fourth-order valence-electron chi connectivity index (χ4n) is 3.24. The van der Waals surface area contributed by atoms with E-state index >= 15 is 0 Å². The molecule has 1 unspecified atom stereocenters. The molecule has 7 heteroatoms. The third-order valence-corrected chi connectivity index (χ3v) is 4.23. The van der Waals surface area contributed by atoms with Gasteiger partial charge < -0.3 is 15.0 Å². The summed E-state index contributed by atoms with van der Waals surface area (Å²) < 4.78 is 5.10. The van der Waals surface area contributed by atoms with Crippen LogP contribution in [0.15, 0.2) is 16.4 Å². The summed E-state index contributed by atoms with van der Waals surface area (Å²) in [6.07, 6.45) is 0.621. The Bertz CT molecular complexity index is 583. The maximum atomic E-state index is 12.6.